The summed E-state index contributed by atoms with van der Waals surface area (Å²) in [5, 5.41) is 3.91. The van der Waals surface area contributed by atoms with E-state index in [1.54, 1.807) is 18.3 Å². The number of nitrogens with one attached hydrogen (secondary N) is 1. The molecule has 2 rings (SSSR count). The highest BCUT2D eigenvalue weighted by Crippen LogP contribution is 2.17. The Hall–Kier alpha value is -2.34. The topological polar surface area (TPSA) is 59.9 Å². The number of hydrogen-bond donors (Lipinski definition) is 1. The van der Waals surface area contributed by atoms with Gasteiger partial charge in [0.25, 0.3) is 5.91 Å². The zero-order chi connectivity index (χ0) is 17.9. The molecule has 2 aromatic carbocycles. The summed E-state index contributed by atoms with van der Waals surface area (Å²) in [6.45, 7) is 2.72. The van der Waals surface area contributed by atoms with Gasteiger partial charge in [0.2, 0.25) is 0 Å². The van der Waals surface area contributed by atoms with Crippen molar-refractivity contribution in [3.63, 3.8) is 0 Å². The lowest BCUT2D eigenvalue weighted by atomic mass is 10.2. The van der Waals surface area contributed by atoms with Crippen LogP contribution in [0.4, 0.5) is 0 Å². The van der Waals surface area contributed by atoms with Crippen LogP contribution in [-0.2, 0) is 4.79 Å². The minimum Gasteiger partial charge on any atom is -0.494 e. The molecule has 0 aliphatic rings. The van der Waals surface area contributed by atoms with Crippen LogP contribution in [0.15, 0.2) is 58.1 Å². The number of ether oxygens (including phenoxy) is 2. The molecule has 132 valence electrons. The fourth-order valence-corrected chi connectivity index (χ4v) is 2.33. The maximum atomic E-state index is 11.7. The first kappa shape index (κ1) is 19.0. The molecule has 0 heterocycles. The summed E-state index contributed by atoms with van der Waals surface area (Å²) < 4.78 is 11.9. The fourth-order valence-electron chi connectivity index (χ4n) is 1.91. The second-order valence-electron chi connectivity index (χ2n) is 5.31. The third-order valence-electron chi connectivity index (χ3n) is 3.21. The van der Waals surface area contributed by atoms with Gasteiger partial charge in [-0.3, -0.25) is 4.79 Å². The van der Waals surface area contributed by atoms with Gasteiger partial charge in [-0.1, -0.05) is 41.4 Å². The number of halogens is 1. The molecule has 0 fully saturated rings. The minimum absolute atomic E-state index is 0.105. The maximum absolute atomic E-state index is 11.7. The van der Waals surface area contributed by atoms with Crippen molar-refractivity contribution in [1.82, 2.24) is 5.43 Å². The summed E-state index contributed by atoms with van der Waals surface area (Å²) in [5.41, 5.74) is 3.32. The highest BCUT2D eigenvalue weighted by atomic mass is 79.9. The molecule has 0 spiro atoms. The van der Waals surface area contributed by atoms with Crippen molar-refractivity contribution in [1.29, 1.82) is 0 Å². The van der Waals surface area contributed by atoms with Gasteiger partial charge in [0.05, 0.1) is 12.8 Å². The van der Waals surface area contributed by atoms with Crippen molar-refractivity contribution in [2.75, 3.05) is 13.2 Å². The third kappa shape index (κ3) is 7.39. The fraction of sp³-hybridized carbons (Fsp3) is 0.263. The molecule has 0 unspecified atom stereocenters. The van der Waals surface area contributed by atoms with Crippen LogP contribution < -0.4 is 14.9 Å². The summed E-state index contributed by atoms with van der Waals surface area (Å²) in [4.78, 5) is 11.7. The highest BCUT2D eigenvalue weighted by molar-refractivity contribution is 9.10. The largest absolute Gasteiger partial charge is 0.494 e. The van der Waals surface area contributed by atoms with Gasteiger partial charge in [-0.05, 0) is 48.4 Å². The van der Waals surface area contributed by atoms with E-state index in [9.17, 15) is 4.79 Å². The number of carbonyl (C=O) groups is 1. The van der Waals surface area contributed by atoms with E-state index in [0.29, 0.717) is 12.4 Å². The second kappa shape index (κ2) is 10.5. The molecule has 0 aromatic heterocycles. The molecule has 5 nitrogen and oxygen atoms in total. The first-order valence-electron chi connectivity index (χ1n) is 8.10. The van der Waals surface area contributed by atoms with E-state index in [1.807, 2.05) is 36.4 Å². The van der Waals surface area contributed by atoms with Gasteiger partial charge in [-0.2, -0.15) is 5.10 Å². The van der Waals surface area contributed by atoms with Crippen LogP contribution in [0, 0.1) is 0 Å². The molecule has 1 amide bonds. The Bertz CT molecular complexity index is 702. The Morgan fingerprint density at radius 1 is 1.16 bits per heavy atom. The average Bonchev–Trinajstić information content (AvgIpc) is 2.61. The number of hydrogen-bond acceptors (Lipinski definition) is 4. The quantitative estimate of drug-likeness (QED) is 0.387. The molecule has 0 atom stereocenters. The summed E-state index contributed by atoms with van der Waals surface area (Å²) in [5.74, 6) is 1.08. The van der Waals surface area contributed by atoms with Gasteiger partial charge in [0.1, 0.15) is 11.5 Å². The van der Waals surface area contributed by atoms with E-state index < -0.39 is 0 Å². The van der Waals surface area contributed by atoms with E-state index in [4.69, 9.17) is 9.47 Å². The van der Waals surface area contributed by atoms with Gasteiger partial charge in [0.15, 0.2) is 6.61 Å². The van der Waals surface area contributed by atoms with E-state index in [1.165, 1.54) is 0 Å². The molecule has 0 saturated heterocycles. The molecule has 0 aliphatic heterocycles. The standard InChI is InChI=1S/C19H21BrN2O3/c1-2-3-11-24-17-7-9-18(10-8-17)25-14-19(23)22-21-13-15-5-4-6-16(20)12-15/h4-10,12-13H,2-3,11,14H2,1H3,(H,22,23). The monoisotopic (exact) mass is 404 g/mol. The van der Waals surface area contributed by atoms with Crippen LogP contribution in [-0.4, -0.2) is 25.3 Å². The Morgan fingerprint density at radius 3 is 2.56 bits per heavy atom. The SMILES string of the molecule is CCCCOc1ccc(OCC(=O)NN=Cc2cccc(Br)c2)cc1. The molecule has 0 radical (unpaired) electrons. The Labute approximate surface area is 156 Å². The third-order valence-corrected chi connectivity index (χ3v) is 3.71. The molecule has 25 heavy (non-hydrogen) atoms. The zero-order valence-electron chi connectivity index (χ0n) is 14.1. The number of unbranched alkanes of at least 4 members (excludes halogenated alkanes) is 1. The molecule has 0 aliphatic carbocycles. The van der Waals surface area contributed by atoms with Crippen LogP contribution in [0.2, 0.25) is 0 Å². The summed E-state index contributed by atoms with van der Waals surface area (Å²) >= 11 is 3.38. The first-order valence-corrected chi connectivity index (χ1v) is 8.90. The first-order chi connectivity index (χ1) is 12.2. The number of amides is 1. The lowest BCUT2D eigenvalue weighted by Crippen LogP contribution is -2.24. The van der Waals surface area contributed by atoms with E-state index in [-0.39, 0.29) is 12.5 Å². The number of rotatable bonds is 9. The lowest BCUT2D eigenvalue weighted by molar-refractivity contribution is -0.123. The minimum atomic E-state index is -0.325. The predicted molar refractivity (Wildman–Crippen MR) is 102 cm³/mol. The van der Waals surface area contributed by atoms with Crippen molar-refractivity contribution in [3.8, 4) is 11.5 Å². The van der Waals surface area contributed by atoms with E-state index in [0.717, 1.165) is 28.6 Å². The summed E-state index contributed by atoms with van der Waals surface area (Å²) in [6, 6.07) is 14.8. The van der Waals surface area contributed by atoms with Crippen molar-refractivity contribution >= 4 is 28.1 Å². The smallest absolute Gasteiger partial charge is 0.277 e. The molecule has 0 saturated carbocycles. The van der Waals surface area contributed by atoms with Gasteiger partial charge >= 0.3 is 0 Å². The number of nitrogens with zero attached hydrogens (tertiary/aromatic N) is 1. The maximum Gasteiger partial charge on any atom is 0.277 e. The van der Waals surface area contributed by atoms with E-state index in [2.05, 4.69) is 33.4 Å². The van der Waals surface area contributed by atoms with Crippen molar-refractivity contribution in [2.45, 2.75) is 19.8 Å². The molecule has 1 N–H and O–H groups in total. The molecule has 0 bridgehead atoms. The molecular formula is C19H21BrN2O3. The summed E-state index contributed by atoms with van der Waals surface area (Å²) in [6.07, 6.45) is 3.70. The van der Waals surface area contributed by atoms with Crippen LogP contribution in [0.25, 0.3) is 0 Å². The van der Waals surface area contributed by atoms with Gasteiger partial charge in [-0.25, -0.2) is 5.43 Å². The van der Waals surface area contributed by atoms with Crippen molar-refractivity contribution in [3.05, 3.63) is 58.6 Å². The van der Waals surface area contributed by atoms with Crippen molar-refractivity contribution in [2.24, 2.45) is 5.10 Å². The Balaban J connectivity index is 1.72. The normalized spacial score (nSPS) is 10.6. The Morgan fingerprint density at radius 2 is 1.88 bits per heavy atom. The zero-order valence-corrected chi connectivity index (χ0v) is 15.7. The number of benzene rings is 2. The van der Waals surface area contributed by atoms with Crippen molar-refractivity contribution < 1.29 is 14.3 Å². The highest BCUT2D eigenvalue weighted by Gasteiger charge is 2.02. The average molecular weight is 405 g/mol. The van der Waals surface area contributed by atoms with Crippen LogP contribution in [0.3, 0.4) is 0 Å². The van der Waals surface area contributed by atoms with Crippen LogP contribution in [0.1, 0.15) is 25.3 Å². The number of carbonyl (C=O) groups excluding carboxylic acids is 1. The molecular weight excluding hydrogens is 384 g/mol. The lowest BCUT2D eigenvalue weighted by Gasteiger charge is -2.07. The number of hydrazone groups is 1. The Kier molecular flexibility index (Phi) is 7.98. The molecule has 2 aromatic rings. The predicted octanol–water partition coefficient (Wildman–Crippen LogP) is 4.16. The summed E-state index contributed by atoms with van der Waals surface area (Å²) in [7, 11) is 0. The second-order valence-corrected chi connectivity index (χ2v) is 6.23. The van der Waals surface area contributed by atoms with Crippen LogP contribution >= 0.6 is 15.9 Å². The van der Waals surface area contributed by atoms with Gasteiger partial charge in [0, 0.05) is 4.47 Å². The van der Waals surface area contributed by atoms with E-state index >= 15 is 0 Å². The van der Waals surface area contributed by atoms with Gasteiger partial charge < -0.3 is 9.47 Å². The molecule has 6 heteroatoms. The van der Waals surface area contributed by atoms with Gasteiger partial charge in [-0.15, -0.1) is 0 Å². The van der Waals surface area contributed by atoms with Crippen LogP contribution in [0.5, 0.6) is 11.5 Å².